The van der Waals surface area contributed by atoms with Crippen molar-refractivity contribution in [1.29, 1.82) is 0 Å². The number of rotatable bonds is 6. The fourth-order valence-corrected chi connectivity index (χ4v) is 4.59. The van der Waals surface area contributed by atoms with Gasteiger partial charge in [0.2, 0.25) is 23.8 Å². The molecule has 0 bridgehead atoms. The fraction of sp³-hybridized carbons (Fsp3) is 0.423. The van der Waals surface area contributed by atoms with Gasteiger partial charge in [0.25, 0.3) is 0 Å². The van der Waals surface area contributed by atoms with Crippen LogP contribution in [0.15, 0.2) is 39.5 Å². The smallest absolute Gasteiger partial charge is 0.239 e. The van der Waals surface area contributed by atoms with Crippen LogP contribution in [-0.2, 0) is 9.47 Å². The fourth-order valence-electron chi connectivity index (χ4n) is 4.59. The molecule has 3 aromatic rings. The maximum Gasteiger partial charge on any atom is 0.239 e. The van der Waals surface area contributed by atoms with Crippen LogP contribution < -0.4 is 14.9 Å². The minimum Gasteiger partial charge on any atom is -0.507 e. The predicted molar refractivity (Wildman–Crippen MR) is 136 cm³/mol. The molecule has 0 saturated carbocycles. The summed E-state index contributed by atoms with van der Waals surface area (Å²) >= 11 is 0. The van der Waals surface area contributed by atoms with Gasteiger partial charge in [0.1, 0.15) is 65.2 Å². The molecule has 0 radical (unpaired) electrons. The summed E-state index contributed by atoms with van der Waals surface area (Å²) in [4.78, 5) is 13.6. The molecule has 0 amide bonds. The molecular formula is C26H28O16. The number of fused-ring (bicyclic) bond motifs is 1. The molecule has 1 aromatic heterocycles. The van der Waals surface area contributed by atoms with E-state index in [0.29, 0.717) is 0 Å². The summed E-state index contributed by atoms with van der Waals surface area (Å²) in [5.41, 5.74) is -1.35. The van der Waals surface area contributed by atoms with Crippen molar-refractivity contribution in [3.8, 4) is 40.1 Å². The summed E-state index contributed by atoms with van der Waals surface area (Å²) in [6.07, 6.45) is -14.7. The normalized spacial score (nSPS) is 31.6. The number of ether oxygens (including phenoxy) is 4. The topological polar surface area (TPSA) is 269 Å². The third-order valence-corrected chi connectivity index (χ3v) is 6.93. The molecule has 10 N–H and O–H groups in total. The van der Waals surface area contributed by atoms with Crippen LogP contribution in [0.2, 0.25) is 0 Å². The van der Waals surface area contributed by atoms with Crippen molar-refractivity contribution >= 4 is 11.0 Å². The molecule has 2 saturated heterocycles. The highest BCUT2D eigenvalue weighted by atomic mass is 16.7. The van der Waals surface area contributed by atoms with Gasteiger partial charge in [-0.1, -0.05) is 0 Å². The Morgan fingerprint density at radius 3 is 2.19 bits per heavy atom. The summed E-state index contributed by atoms with van der Waals surface area (Å²) in [7, 11) is 0. The molecule has 2 fully saturated rings. The summed E-state index contributed by atoms with van der Waals surface area (Å²) in [6.45, 7) is -1.18. The molecule has 0 aliphatic carbocycles. The lowest BCUT2D eigenvalue weighted by atomic mass is 9.99. The molecule has 2 aliphatic heterocycles. The summed E-state index contributed by atoms with van der Waals surface area (Å²) < 4.78 is 27.5. The van der Waals surface area contributed by atoms with Crippen LogP contribution in [0.25, 0.3) is 22.3 Å². The van der Waals surface area contributed by atoms with Crippen LogP contribution in [0.3, 0.4) is 0 Å². The van der Waals surface area contributed by atoms with E-state index in [0.717, 1.165) is 24.3 Å². The molecule has 5 rings (SSSR count). The molecule has 2 aromatic carbocycles. The van der Waals surface area contributed by atoms with Gasteiger partial charge in [0.05, 0.1) is 13.2 Å². The maximum atomic E-state index is 13.6. The van der Waals surface area contributed by atoms with Gasteiger partial charge in [0.15, 0.2) is 17.3 Å². The van der Waals surface area contributed by atoms with E-state index in [2.05, 4.69) is 0 Å². The molecule has 2 aliphatic rings. The van der Waals surface area contributed by atoms with Crippen molar-refractivity contribution in [2.45, 2.75) is 55.3 Å². The van der Waals surface area contributed by atoms with Crippen LogP contribution in [0.1, 0.15) is 0 Å². The zero-order chi connectivity index (χ0) is 30.5. The number of phenolic OH excluding ortho intramolecular Hbond substituents is 3. The molecule has 228 valence electrons. The minimum absolute atomic E-state index is 0.0232. The molecule has 3 heterocycles. The first-order valence-corrected chi connectivity index (χ1v) is 12.6. The molecule has 16 nitrogen and oxygen atoms in total. The van der Waals surface area contributed by atoms with Crippen molar-refractivity contribution in [3.05, 3.63) is 40.6 Å². The third kappa shape index (κ3) is 5.31. The first-order chi connectivity index (χ1) is 19.9. The summed E-state index contributed by atoms with van der Waals surface area (Å²) in [5, 5.41) is 99.9. The zero-order valence-corrected chi connectivity index (χ0v) is 21.4. The van der Waals surface area contributed by atoms with E-state index in [-0.39, 0.29) is 22.7 Å². The van der Waals surface area contributed by atoms with Gasteiger partial charge < -0.3 is 74.4 Å². The Bertz CT molecular complexity index is 1500. The van der Waals surface area contributed by atoms with E-state index in [9.17, 15) is 55.9 Å². The first kappa shape index (κ1) is 29.8. The second-order valence-corrected chi connectivity index (χ2v) is 9.79. The van der Waals surface area contributed by atoms with Gasteiger partial charge in [0, 0.05) is 17.7 Å². The maximum absolute atomic E-state index is 13.6. The second kappa shape index (κ2) is 11.5. The lowest BCUT2D eigenvalue weighted by molar-refractivity contribution is -0.277. The second-order valence-electron chi connectivity index (χ2n) is 9.79. The lowest BCUT2D eigenvalue weighted by Crippen LogP contribution is -2.60. The average Bonchev–Trinajstić information content (AvgIpc) is 2.95. The van der Waals surface area contributed by atoms with E-state index in [1.54, 1.807) is 0 Å². The number of hydrogen-bond acceptors (Lipinski definition) is 16. The summed E-state index contributed by atoms with van der Waals surface area (Å²) in [6, 6.07) is 5.41. The average molecular weight is 596 g/mol. The van der Waals surface area contributed by atoms with E-state index in [1.807, 2.05) is 0 Å². The Balaban J connectivity index is 1.59. The van der Waals surface area contributed by atoms with E-state index >= 15 is 0 Å². The monoisotopic (exact) mass is 596 g/mol. The van der Waals surface area contributed by atoms with Crippen LogP contribution >= 0.6 is 0 Å². The van der Waals surface area contributed by atoms with Gasteiger partial charge in [-0.2, -0.15) is 0 Å². The highest BCUT2D eigenvalue weighted by molar-refractivity contribution is 5.88. The minimum atomic E-state index is -1.81. The van der Waals surface area contributed by atoms with Gasteiger partial charge in [-0.3, -0.25) is 4.79 Å². The number of aromatic hydroxyl groups is 3. The highest BCUT2D eigenvalue weighted by Gasteiger charge is 2.45. The first-order valence-electron chi connectivity index (χ1n) is 12.6. The number of aliphatic hydroxyl groups excluding tert-OH is 7. The molecule has 0 spiro atoms. The van der Waals surface area contributed by atoms with Crippen molar-refractivity contribution in [3.63, 3.8) is 0 Å². The predicted octanol–water partition coefficient (Wildman–Crippen LogP) is -2.43. The SMILES string of the molecule is O=c1c(O[C@H]2OC[C@H](O)[C@H](O)[C@@H]2O)c(-c2ccc(O)c(O)c2)oc2cc(O[C@H]3O[C@@H](CO)[C@H](O)[C@H](O)[C@@H]3O)cc(O)c12. The van der Waals surface area contributed by atoms with Crippen LogP contribution in [-0.4, -0.2) is 120 Å². The number of phenols is 3. The Morgan fingerprint density at radius 2 is 1.50 bits per heavy atom. The molecule has 16 heteroatoms. The standard InChI is InChI=1S/C26H28O16/c27-6-15-18(33)20(35)22(37)26(41-15)39-9-4-12(30)16-14(5-9)40-23(8-1-2-10(28)11(29)3-8)24(19(16)34)42-25-21(36)17(32)13(31)7-38-25/h1-5,13,15,17-18,20-22,25-33,35-37H,6-7H2/t13-,15-,17-,18-,20-,21-,22-,25+,26-/m0/s1. The van der Waals surface area contributed by atoms with E-state index in [1.165, 1.54) is 6.07 Å². The van der Waals surface area contributed by atoms with Crippen LogP contribution in [0, 0.1) is 0 Å². The number of aliphatic hydroxyl groups is 7. The van der Waals surface area contributed by atoms with Gasteiger partial charge >= 0.3 is 0 Å². The number of hydrogen-bond donors (Lipinski definition) is 10. The van der Waals surface area contributed by atoms with Crippen molar-refractivity contribution in [2.24, 2.45) is 0 Å². The van der Waals surface area contributed by atoms with E-state index in [4.69, 9.17) is 23.4 Å². The highest BCUT2D eigenvalue weighted by Crippen LogP contribution is 2.40. The molecule has 42 heavy (non-hydrogen) atoms. The summed E-state index contributed by atoms with van der Waals surface area (Å²) in [5.74, 6) is -3.09. The largest absolute Gasteiger partial charge is 0.507 e. The van der Waals surface area contributed by atoms with Crippen molar-refractivity contribution in [2.75, 3.05) is 13.2 Å². The van der Waals surface area contributed by atoms with Crippen molar-refractivity contribution in [1.82, 2.24) is 0 Å². The molecule has 0 unspecified atom stereocenters. The Morgan fingerprint density at radius 1 is 0.786 bits per heavy atom. The zero-order valence-electron chi connectivity index (χ0n) is 21.4. The van der Waals surface area contributed by atoms with Crippen LogP contribution in [0.5, 0.6) is 28.7 Å². The molecular weight excluding hydrogens is 568 g/mol. The van der Waals surface area contributed by atoms with Crippen LogP contribution in [0.4, 0.5) is 0 Å². The van der Waals surface area contributed by atoms with E-state index < -0.39 is 102 Å². The number of benzene rings is 2. The Kier molecular flexibility index (Phi) is 8.17. The van der Waals surface area contributed by atoms with Gasteiger partial charge in [-0.15, -0.1) is 0 Å². The quantitative estimate of drug-likeness (QED) is 0.133. The third-order valence-electron chi connectivity index (χ3n) is 6.93. The van der Waals surface area contributed by atoms with Crippen molar-refractivity contribution < 1.29 is 74.4 Å². The van der Waals surface area contributed by atoms with Gasteiger partial charge in [-0.25, -0.2) is 0 Å². The Hall–Kier alpha value is -3.71. The lowest BCUT2D eigenvalue weighted by Gasteiger charge is -2.39. The Labute approximate surface area is 235 Å². The molecule has 9 atom stereocenters. The van der Waals surface area contributed by atoms with Gasteiger partial charge in [-0.05, 0) is 18.2 Å².